The summed E-state index contributed by atoms with van der Waals surface area (Å²) in [6, 6.07) is 0.375. The number of likely N-dealkylation sites (tertiary alicyclic amines) is 2. The molecule has 4 rings (SSSR count). The molecule has 4 aliphatic heterocycles. The van der Waals surface area contributed by atoms with Crippen molar-refractivity contribution < 1.29 is 19.5 Å². The first-order valence-corrected chi connectivity index (χ1v) is 9.59. The Morgan fingerprint density at radius 2 is 1.76 bits per heavy atom. The van der Waals surface area contributed by atoms with E-state index in [0.29, 0.717) is 56.1 Å². The number of hydrogen-bond donors (Lipinski definition) is 1. The Kier molecular flexibility index (Phi) is 4.33. The molecule has 0 aromatic carbocycles. The molecule has 7 nitrogen and oxygen atoms in total. The van der Waals surface area contributed by atoms with Gasteiger partial charge in [0, 0.05) is 45.2 Å². The summed E-state index contributed by atoms with van der Waals surface area (Å²) in [5.41, 5.74) is 0. The number of carboxylic acid groups (broad SMARTS) is 1. The highest BCUT2D eigenvalue weighted by Crippen LogP contribution is 2.38. The highest BCUT2D eigenvalue weighted by molar-refractivity contribution is 5.78. The molecule has 3 amide bonds. The first-order chi connectivity index (χ1) is 12.0. The summed E-state index contributed by atoms with van der Waals surface area (Å²) in [5, 5.41) is 9.11. The molecule has 3 atom stereocenters. The Morgan fingerprint density at radius 1 is 1.00 bits per heavy atom. The van der Waals surface area contributed by atoms with E-state index in [1.165, 1.54) is 0 Å². The Morgan fingerprint density at radius 3 is 2.48 bits per heavy atom. The first kappa shape index (κ1) is 16.7. The average Bonchev–Trinajstić information content (AvgIpc) is 2.62. The predicted molar refractivity (Wildman–Crippen MR) is 89.9 cm³/mol. The second-order valence-electron chi connectivity index (χ2n) is 8.15. The number of carbonyl (C=O) groups is 3. The van der Waals surface area contributed by atoms with Gasteiger partial charge in [0.05, 0.1) is 5.92 Å². The average molecular weight is 349 g/mol. The van der Waals surface area contributed by atoms with Gasteiger partial charge in [-0.3, -0.25) is 9.59 Å². The fourth-order valence-electron chi connectivity index (χ4n) is 5.28. The Balaban J connectivity index is 1.39. The van der Waals surface area contributed by atoms with Crippen LogP contribution in [0.2, 0.25) is 0 Å². The number of nitrogens with zero attached hydrogens (tertiary/aromatic N) is 3. The van der Waals surface area contributed by atoms with Gasteiger partial charge in [-0.1, -0.05) is 0 Å². The highest BCUT2D eigenvalue weighted by atomic mass is 16.4. The molecular formula is C18H27N3O4. The molecule has 0 saturated carbocycles. The van der Waals surface area contributed by atoms with E-state index in [1.807, 2.05) is 9.80 Å². The number of piperidine rings is 4. The molecule has 0 spiro atoms. The van der Waals surface area contributed by atoms with E-state index >= 15 is 0 Å². The number of aliphatic carboxylic acids is 1. The van der Waals surface area contributed by atoms with Gasteiger partial charge in [-0.05, 0) is 43.9 Å². The molecule has 138 valence electrons. The zero-order valence-corrected chi connectivity index (χ0v) is 14.6. The minimum absolute atomic E-state index is 0.0640. The van der Waals surface area contributed by atoms with Gasteiger partial charge in [0.1, 0.15) is 0 Å². The van der Waals surface area contributed by atoms with Gasteiger partial charge in [0.25, 0.3) is 0 Å². The van der Waals surface area contributed by atoms with E-state index in [1.54, 1.807) is 0 Å². The minimum atomic E-state index is -0.748. The summed E-state index contributed by atoms with van der Waals surface area (Å²) in [6.45, 7) is 3.34. The van der Waals surface area contributed by atoms with Crippen molar-refractivity contribution in [2.24, 2.45) is 17.8 Å². The van der Waals surface area contributed by atoms with Crippen LogP contribution in [0.15, 0.2) is 0 Å². The summed E-state index contributed by atoms with van der Waals surface area (Å²) < 4.78 is 0. The maximum atomic E-state index is 12.9. The van der Waals surface area contributed by atoms with Crippen molar-refractivity contribution in [2.45, 2.75) is 44.6 Å². The summed E-state index contributed by atoms with van der Waals surface area (Å²) in [6.07, 6.45) is 4.93. The van der Waals surface area contributed by atoms with E-state index in [9.17, 15) is 14.4 Å². The van der Waals surface area contributed by atoms with Gasteiger partial charge in [0.2, 0.25) is 5.91 Å². The number of urea groups is 1. The molecule has 0 aromatic heterocycles. The van der Waals surface area contributed by atoms with Crippen molar-refractivity contribution in [1.82, 2.24) is 14.7 Å². The maximum Gasteiger partial charge on any atom is 0.320 e. The van der Waals surface area contributed by atoms with Gasteiger partial charge >= 0.3 is 12.0 Å². The molecule has 0 aromatic rings. The molecule has 4 fully saturated rings. The first-order valence-electron chi connectivity index (χ1n) is 9.59. The van der Waals surface area contributed by atoms with Crippen molar-refractivity contribution >= 4 is 17.9 Å². The lowest BCUT2D eigenvalue weighted by molar-refractivity contribution is -0.145. The van der Waals surface area contributed by atoms with Gasteiger partial charge in [-0.2, -0.15) is 0 Å². The third-order valence-corrected chi connectivity index (χ3v) is 6.57. The molecule has 0 aliphatic carbocycles. The molecule has 4 heterocycles. The Bertz CT molecular complexity index is 573. The second kappa shape index (κ2) is 6.50. The van der Waals surface area contributed by atoms with Crippen molar-refractivity contribution in [2.75, 3.05) is 32.7 Å². The molecule has 7 heteroatoms. The van der Waals surface area contributed by atoms with Crippen LogP contribution in [0.4, 0.5) is 4.79 Å². The minimum Gasteiger partial charge on any atom is -0.481 e. The van der Waals surface area contributed by atoms with Crippen LogP contribution in [-0.2, 0) is 9.59 Å². The molecule has 1 N–H and O–H groups in total. The van der Waals surface area contributed by atoms with Crippen LogP contribution < -0.4 is 0 Å². The third kappa shape index (κ3) is 3.09. The number of carbonyl (C=O) groups excluding carboxylic acids is 2. The molecule has 0 radical (unpaired) electrons. The lowest BCUT2D eigenvalue weighted by Gasteiger charge is -2.52. The van der Waals surface area contributed by atoms with Crippen LogP contribution in [-0.4, -0.2) is 76.5 Å². The smallest absolute Gasteiger partial charge is 0.320 e. The van der Waals surface area contributed by atoms with Gasteiger partial charge in [0.15, 0.2) is 0 Å². The van der Waals surface area contributed by atoms with Crippen LogP contribution in [0.3, 0.4) is 0 Å². The van der Waals surface area contributed by atoms with E-state index in [0.717, 1.165) is 38.9 Å². The van der Waals surface area contributed by atoms with E-state index in [4.69, 9.17) is 5.11 Å². The molecule has 25 heavy (non-hydrogen) atoms. The van der Waals surface area contributed by atoms with E-state index < -0.39 is 5.97 Å². The quantitative estimate of drug-likeness (QED) is 0.772. The monoisotopic (exact) mass is 349 g/mol. The van der Waals surface area contributed by atoms with Crippen LogP contribution >= 0.6 is 0 Å². The summed E-state index contributed by atoms with van der Waals surface area (Å²) in [5.74, 6) is 0.0181. The Labute approximate surface area is 147 Å². The predicted octanol–water partition coefficient (Wildman–Crippen LogP) is 1.24. The second-order valence-corrected chi connectivity index (χ2v) is 8.15. The molecule has 4 saturated heterocycles. The number of carboxylic acids is 1. The highest BCUT2D eigenvalue weighted by Gasteiger charge is 2.45. The summed E-state index contributed by atoms with van der Waals surface area (Å²) >= 11 is 0. The molecule has 4 aliphatic rings. The maximum absolute atomic E-state index is 12.9. The van der Waals surface area contributed by atoms with Gasteiger partial charge in [-0.25, -0.2) is 4.79 Å². The molecular weight excluding hydrogens is 322 g/mol. The van der Waals surface area contributed by atoms with Gasteiger partial charge in [-0.15, -0.1) is 0 Å². The van der Waals surface area contributed by atoms with Crippen LogP contribution in [0.1, 0.15) is 38.5 Å². The lowest BCUT2D eigenvalue weighted by atomic mass is 9.76. The molecule has 2 bridgehead atoms. The van der Waals surface area contributed by atoms with Crippen molar-refractivity contribution in [3.8, 4) is 0 Å². The normalized spacial score (nSPS) is 33.2. The third-order valence-electron chi connectivity index (χ3n) is 6.57. The van der Waals surface area contributed by atoms with E-state index in [2.05, 4.69) is 4.90 Å². The Hall–Kier alpha value is -1.79. The van der Waals surface area contributed by atoms with Crippen LogP contribution in [0.25, 0.3) is 0 Å². The zero-order chi connectivity index (χ0) is 17.6. The van der Waals surface area contributed by atoms with Crippen molar-refractivity contribution in [3.05, 3.63) is 0 Å². The summed E-state index contributed by atoms with van der Waals surface area (Å²) in [4.78, 5) is 42.1. The molecule has 0 unspecified atom stereocenters. The standard InChI is InChI=1S/C18H27N3O4/c22-16-3-1-2-15-14-8-12(10-21(15)16)9-20(11-14)18(25)19-6-4-13(5-7-19)17(23)24/h12-15H,1-11H2,(H,23,24)/t12-,14+,15+/m0/s1. The fraction of sp³-hybridized carbons (Fsp3) is 0.833. The fourth-order valence-corrected chi connectivity index (χ4v) is 5.28. The number of rotatable bonds is 1. The summed E-state index contributed by atoms with van der Waals surface area (Å²) in [7, 11) is 0. The lowest BCUT2D eigenvalue weighted by Crippen LogP contribution is -2.62. The van der Waals surface area contributed by atoms with Crippen molar-refractivity contribution in [1.29, 1.82) is 0 Å². The van der Waals surface area contributed by atoms with Crippen LogP contribution in [0.5, 0.6) is 0 Å². The topological polar surface area (TPSA) is 81.2 Å². The SMILES string of the molecule is O=C(O)C1CCN(C(=O)N2C[C@@H]3C[C@H](C2)[C@H]2CCCC(=O)N2C3)CC1. The number of hydrogen-bond acceptors (Lipinski definition) is 3. The van der Waals surface area contributed by atoms with Gasteiger partial charge < -0.3 is 19.8 Å². The largest absolute Gasteiger partial charge is 0.481 e. The van der Waals surface area contributed by atoms with Crippen LogP contribution in [0, 0.1) is 17.8 Å². The zero-order valence-electron chi connectivity index (χ0n) is 14.6. The number of fused-ring (bicyclic) bond motifs is 4. The number of amides is 3. The van der Waals surface area contributed by atoms with Crippen molar-refractivity contribution in [3.63, 3.8) is 0 Å². The van der Waals surface area contributed by atoms with E-state index in [-0.39, 0.29) is 11.9 Å².